The molecule has 0 N–H and O–H groups in total. The zero-order valence-electron chi connectivity index (χ0n) is 11.5. The fraction of sp³-hybridized carbons (Fsp3) is 0.438. The molecule has 0 amide bonds. The molecule has 3 atom stereocenters. The van der Waals surface area contributed by atoms with Gasteiger partial charge in [-0.15, -0.1) is 0 Å². The van der Waals surface area contributed by atoms with Crippen LogP contribution in [0.3, 0.4) is 0 Å². The molecule has 20 heavy (non-hydrogen) atoms. The number of esters is 1. The van der Waals surface area contributed by atoms with E-state index in [9.17, 15) is 4.79 Å². The molecule has 3 nitrogen and oxygen atoms in total. The van der Waals surface area contributed by atoms with E-state index in [1.807, 2.05) is 24.3 Å². The summed E-state index contributed by atoms with van der Waals surface area (Å²) in [7, 11) is 0. The Bertz CT molecular complexity index is 538. The number of halogens is 1. The molecule has 2 aliphatic rings. The molecule has 2 aliphatic heterocycles. The minimum atomic E-state index is -0.190. The second-order valence-corrected chi connectivity index (χ2v) is 5.91. The molecule has 106 valence electrons. The van der Waals surface area contributed by atoms with Gasteiger partial charge in [0.15, 0.2) is 0 Å². The topological polar surface area (TPSA) is 29.5 Å². The van der Waals surface area contributed by atoms with E-state index in [2.05, 4.69) is 11.0 Å². The molecule has 1 aromatic rings. The van der Waals surface area contributed by atoms with Gasteiger partial charge in [-0.25, -0.2) is 0 Å². The number of rotatable bonds is 2. The first-order valence-corrected chi connectivity index (χ1v) is 7.37. The van der Waals surface area contributed by atoms with Gasteiger partial charge in [0.25, 0.3) is 0 Å². The Morgan fingerprint density at radius 3 is 2.80 bits per heavy atom. The summed E-state index contributed by atoms with van der Waals surface area (Å²) < 4.78 is 5.52. The third kappa shape index (κ3) is 2.74. The lowest BCUT2D eigenvalue weighted by atomic mass is 9.81. The van der Waals surface area contributed by atoms with Gasteiger partial charge in [0.2, 0.25) is 0 Å². The van der Waals surface area contributed by atoms with Crippen LogP contribution in [0.25, 0.3) is 5.57 Å². The summed E-state index contributed by atoms with van der Waals surface area (Å²) in [6, 6.07) is 7.91. The van der Waals surface area contributed by atoms with Gasteiger partial charge in [0.05, 0.1) is 0 Å². The van der Waals surface area contributed by atoms with Crippen LogP contribution in [0.5, 0.6) is 0 Å². The second-order valence-electron chi connectivity index (χ2n) is 5.47. The van der Waals surface area contributed by atoms with Gasteiger partial charge in [0, 0.05) is 37.5 Å². The standard InChI is InChI=1S/C16H18ClNO2/c1-11(19)20-16-7-9-18-8-6-14(15(16)10-18)12-2-4-13(17)5-3-12/h2-6,15-16H,7-10H2,1H3. The highest BCUT2D eigenvalue weighted by Crippen LogP contribution is 2.36. The molecule has 2 heterocycles. The van der Waals surface area contributed by atoms with E-state index in [0.29, 0.717) is 0 Å². The van der Waals surface area contributed by atoms with Crippen LogP contribution in [-0.2, 0) is 9.53 Å². The number of hydrogen-bond donors (Lipinski definition) is 0. The molecule has 0 spiro atoms. The zero-order chi connectivity index (χ0) is 14.1. The molecule has 3 unspecified atom stereocenters. The maximum Gasteiger partial charge on any atom is 0.302 e. The average molecular weight is 292 g/mol. The van der Waals surface area contributed by atoms with Crippen molar-refractivity contribution in [2.24, 2.45) is 5.92 Å². The van der Waals surface area contributed by atoms with Crippen molar-refractivity contribution in [3.05, 3.63) is 40.9 Å². The molecule has 4 heteroatoms. The number of hydrogen-bond acceptors (Lipinski definition) is 3. The van der Waals surface area contributed by atoms with Gasteiger partial charge in [0.1, 0.15) is 6.10 Å². The summed E-state index contributed by atoms with van der Waals surface area (Å²) in [4.78, 5) is 13.7. The first kappa shape index (κ1) is 13.7. The predicted molar refractivity (Wildman–Crippen MR) is 79.5 cm³/mol. The van der Waals surface area contributed by atoms with Crippen LogP contribution < -0.4 is 0 Å². The summed E-state index contributed by atoms with van der Waals surface area (Å²) >= 11 is 5.96. The van der Waals surface area contributed by atoms with Crippen molar-refractivity contribution < 1.29 is 9.53 Å². The average Bonchev–Trinajstić information content (AvgIpc) is 2.43. The van der Waals surface area contributed by atoms with Gasteiger partial charge in [-0.3, -0.25) is 9.69 Å². The summed E-state index contributed by atoms with van der Waals surface area (Å²) in [6.45, 7) is 4.42. The lowest BCUT2D eigenvalue weighted by molar-refractivity contribution is -0.150. The highest BCUT2D eigenvalue weighted by atomic mass is 35.5. The maximum atomic E-state index is 11.3. The summed E-state index contributed by atoms with van der Waals surface area (Å²) in [6.07, 6.45) is 3.16. The number of carbonyl (C=O) groups excluding carboxylic acids is 1. The van der Waals surface area contributed by atoms with Crippen molar-refractivity contribution in [2.75, 3.05) is 19.6 Å². The van der Waals surface area contributed by atoms with Crippen LogP contribution in [-0.4, -0.2) is 36.6 Å². The molecule has 0 saturated carbocycles. The largest absolute Gasteiger partial charge is 0.462 e. The Morgan fingerprint density at radius 2 is 2.10 bits per heavy atom. The van der Waals surface area contributed by atoms with E-state index >= 15 is 0 Å². The van der Waals surface area contributed by atoms with Gasteiger partial charge in [-0.1, -0.05) is 29.8 Å². The molecule has 0 aliphatic carbocycles. The minimum Gasteiger partial charge on any atom is -0.462 e. The normalized spacial score (nSPS) is 28.7. The molecule has 1 aromatic carbocycles. The number of benzene rings is 1. The van der Waals surface area contributed by atoms with E-state index in [4.69, 9.17) is 16.3 Å². The van der Waals surface area contributed by atoms with Crippen molar-refractivity contribution in [1.29, 1.82) is 0 Å². The predicted octanol–water partition coefficient (Wildman–Crippen LogP) is 2.99. The van der Waals surface area contributed by atoms with E-state index in [0.717, 1.165) is 31.1 Å². The molecule has 2 bridgehead atoms. The quantitative estimate of drug-likeness (QED) is 0.785. The first-order valence-electron chi connectivity index (χ1n) is 6.99. The number of piperidine rings is 1. The molecule has 1 saturated heterocycles. The lowest BCUT2D eigenvalue weighted by Gasteiger charge is -2.42. The smallest absolute Gasteiger partial charge is 0.302 e. The van der Waals surface area contributed by atoms with Crippen molar-refractivity contribution in [3.63, 3.8) is 0 Å². The monoisotopic (exact) mass is 291 g/mol. The fourth-order valence-electron chi connectivity index (χ4n) is 3.17. The Kier molecular flexibility index (Phi) is 3.81. The molecule has 0 aromatic heterocycles. The van der Waals surface area contributed by atoms with Crippen LogP contribution in [0, 0.1) is 5.92 Å². The van der Waals surface area contributed by atoms with E-state index in [-0.39, 0.29) is 18.0 Å². The molecule has 3 rings (SSSR count). The Balaban J connectivity index is 1.89. The van der Waals surface area contributed by atoms with Gasteiger partial charge < -0.3 is 4.74 Å². The molecular formula is C16H18ClNO2. The highest BCUT2D eigenvalue weighted by Gasteiger charge is 2.36. The second kappa shape index (κ2) is 5.58. The van der Waals surface area contributed by atoms with Gasteiger partial charge in [-0.05, 0) is 29.7 Å². The van der Waals surface area contributed by atoms with Crippen LogP contribution in [0.1, 0.15) is 18.9 Å². The van der Waals surface area contributed by atoms with Crippen LogP contribution in [0.2, 0.25) is 5.02 Å². The van der Waals surface area contributed by atoms with E-state index < -0.39 is 0 Å². The number of fused-ring (bicyclic) bond motifs is 2. The lowest BCUT2D eigenvalue weighted by Crippen LogP contribution is -2.47. The van der Waals surface area contributed by atoms with Crippen molar-refractivity contribution in [3.8, 4) is 0 Å². The van der Waals surface area contributed by atoms with Gasteiger partial charge in [-0.2, -0.15) is 0 Å². The van der Waals surface area contributed by atoms with Crippen LogP contribution >= 0.6 is 11.6 Å². The molecular weight excluding hydrogens is 274 g/mol. The number of carbonyl (C=O) groups is 1. The first-order chi connectivity index (χ1) is 9.63. The Hall–Kier alpha value is -1.32. The molecule has 0 radical (unpaired) electrons. The van der Waals surface area contributed by atoms with Crippen molar-refractivity contribution >= 4 is 23.1 Å². The molecule has 1 fully saturated rings. The summed E-state index contributed by atoms with van der Waals surface area (Å²) in [5.41, 5.74) is 2.46. The minimum absolute atomic E-state index is 0.00835. The van der Waals surface area contributed by atoms with Crippen molar-refractivity contribution in [2.45, 2.75) is 19.4 Å². The fourth-order valence-corrected chi connectivity index (χ4v) is 3.30. The van der Waals surface area contributed by atoms with E-state index in [1.54, 1.807) is 0 Å². The van der Waals surface area contributed by atoms with E-state index in [1.165, 1.54) is 18.1 Å². The van der Waals surface area contributed by atoms with Crippen molar-refractivity contribution in [1.82, 2.24) is 4.90 Å². The van der Waals surface area contributed by atoms with Gasteiger partial charge >= 0.3 is 5.97 Å². The Labute approximate surface area is 124 Å². The SMILES string of the molecule is CC(=O)OC1CCN2CC=C(c3ccc(Cl)cc3)C1C2. The maximum absolute atomic E-state index is 11.3. The van der Waals surface area contributed by atoms with Crippen LogP contribution in [0.4, 0.5) is 0 Å². The number of nitrogens with zero attached hydrogens (tertiary/aromatic N) is 1. The highest BCUT2D eigenvalue weighted by molar-refractivity contribution is 6.30. The Morgan fingerprint density at radius 1 is 1.35 bits per heavy atom. The number of ether oxygens (including phenoxy) is 1. The summed E-state index contributed by atoms with van der Waals surface area (Å²) in [5.74, 6) is 0.0760. The zero-order valence-corrected chi connectivity index (χ0v) is 12.3. The summed E-state index contributed by atoms with van der Waals surface area (Å²) in [5, 5.41) is 0.743. The third-order valence-electron chi connectivity index (χ3n) is 4.10. The van der Waals surface area contributed by atoms with Crippen LogP contribution in [0.15, 0.2) is 30.3 Å². The third-order valence-corrected chi connectivity index (χ3v) is 4.35.